The third-order valence-corrected chi connectivity index (χ3v) is 5.69. The van der Waals surface area contributed by atoms with Crippen molar-refractivity contribution < 1.29 is 17.5 Å². The van der Waals surface area contributed by atoms with Gasteiger partial charge in [0.2, 0.25) is 0 Å². The lowest BCUT2D eigenvalue weighted by Gasteiger charge is -2.21. The Labute approximate surface area is 169 Å². The highest BCUT2D eigenvalue weighted by molar-refractivity contribution is 7.90. The van der Waals surface area contributed by atoms with E-state index < -0.39 is 15.7 Å². The number of sulfone groups is 1. The standard InChI is InChI=1S/C14H13FO3S.C8H19N/c1-18-12-5-3-4-10(8-12)11-6-7-14(13(15)9-11)19(2,16)17;1-5-7-8(6-2)9(3)4/h3-9H,1-2H3;8H,5-7H2,1-4H3. The molecule has 0 aliphatic rings. The molecule has 2 aromatic rings. The zero-order valence-electron chi connectivity index (χ0n) is 17.7. The fraction of sp³-hybridized carbons (Fsp3) is 0.455. The molecule has 0 bridgehead atoms. The van der Waals surface area contributed by atoms with Gasteiger partial charge in [0.15, 0.2) is 9.84 Å². The molecule has 0 heterocycles. The molecule has 156 valence electrons. The molecule has 0 aromatic heterocycles. The van der Waals surface area contributed by atoms with Gasteiger partial charge < -0.3 is 9.64 Å². The highest BCUT2D eigenvalue weighted by atomic mass is 32.2. The number of ether oxygens (including phenoxy) is 1. The summed E-state index contributed by atoms with van der Waals surface area (Å²) in [6, 6.07) is 12.0. The molecule has 2 aromatic carbocycles. The van der Waals surface area contributed by atoms with Gasteiger partial charge in [0, 0.05) is 12.3 Å². The summed E-state index contributed by atoms with van der Waals surface area (Å²) in [6.07, 6.45) is 4.90. The number of nitrogens with zero attached hydrogens (tertiary/aromatic N) is 1. The first kappa shape index (κ1) is 24.1. The fourth-order valence-electron chi connectivity index (χ4n) is 2.94. The molecule has 0 amide bonds. The summed E-state index contributed by atoms with van der Waals surface area (Å²) in [5, 5.41) is 0. The van der Waals surface area contributed by atoms with E-state index in [1.807, 2.05) is 0 Å². The highest BCUT2D eigenvalue weighted by Gasteiger charge is 2.14. The molecule has 0 aliphatic carbocycles. The minimum absolute atomic E-state index is 0.292. The summed E-state index contributed by atoms with van der Waals surface area (Å²) in [5.74, 6) is -0.0899. The van der Waals surface area contributed by atoms with Crippen LogP contribution in [0, 0.1) is 5.82 Å². The van der Waals surface area contributed by atoms with Crippen molar-refractivity contribution in [3.8, 4) is 16.9 Å². The van der Waals surface area contributed by atoms with Crippen molar-refractivity contribution in [1.82, 2.24) is 4.90 Å². The Balaban J connectivity index is 0.000000370. The SMILES string of the molecule is CCCC(CC)N(C)C.COc1cccc(-c2ccc(S(C)(=O)=O)c(F)c2)c1. The monoisotopic (exact) mass is 409 g/mol. The number of methoxy groups -OCH3 is 1. The topological polar surface area (TPSA) is 46.6 Å². The van der Waals surface area contributed by atoms with Crippen molar-refractivity contribution in [2.75, 3.05) is 27.5 Å². The van der Waals surface area contributed by atoms with Crippen molar-refractivity contribution >= 4 is 9.84 Å². The highest BCUT2D eigenvalue weighted by Crippen LogP contribution is 2.26. The van der Waals surface area contributed by atoms with Gasteiger partial charge in [0.05, 0.1) is 7.11 Å². The van der Waals surface area contributed by atoms with Crippen molar-refractivity contribution in [3.05, 3.63) is 48.3 Å². The lowest BCUT2D eigenvalue weighted by molar-refractivity contribution is 0.269. The number of halogens is 1. The minimum Gasteiger partial charge on any atom is -0.497 e. The van der Waals surface area contributed by atoms with E-state index in [1.54, 1.807) is 37.4 Å². The Bertz CT molecular complexity index is 851. The van der Waals surface area contributed by atoms with Crippen LogP contribution in [0.4, 0.5) is 4.39 Å². The third-order valence-electron chi connectivity index (χ3n) is 4.56. The molecule has 0 N–H and O–H groups in total. The average molecular weight is 410 g/mol. The quantitative estimate of drug-likeness (QED) is 0.643. The molecule has 0 aliphatic heterocycles. The number of rotatable bonds is 7. The lowest BCUT2D eigenvalue weighted by Crippen LogP contribution is -2.26. The van der Waals surface area contributed by atoms with Crippen molar-refractivity contribution in [3.63, 3.8) is 0 Å². The summed E-state index contributed by atoms with van der Waals surface area (Å²) >= 11 is 0. The molecular weight excluding hydrogens is 377 g/mol. The van der Waals surface area contributed by atoms with Crippen LogP contribution in [0.5, 0.6) is 5.75 Å². The maximum atomic E-state index is 13.8. The van der Waals surface area contributed by atoms with Crippen molar-refractivity contribution in [2.24, 2.45) is 0 Å². The first-order chi connectivity index (χ1) is 13.1. The van der Waals surface area contributed by atoms with E-state index in [9.17, 15) is 12.8 Å². The summed E-state index contributed by atoms with van der Waals surface area (Å²) in [5.41, 5.74) is 1.36. The molecule has 0 fully saturated rings. The summed E-state index contributed by atoms with van der Waals surface area (Å²) in [6.45, 7) is 4.49. The van der Waals surface area contributed by atoms with Crippen LogP contribution in [0.1, 0.15) is 33.1 Å². The van der Waals surface area contributed by atoms with E-state index in [-0.39, 0.29) is 4.90 Å². The molecule has 4 nitrogen and oxygen atoms in total. The van der Waals surface area contributed by atoms with E-state index in [0.717, 1.165) is 17.9 Å². The number of hydrogen-bond acceptors (Lipinski definition) is 4. The number of benzene rings is 2. The third kappa shape index (κ3) is 7.24. The first-order valence-electron chi connectivity index (χ1n) is 9.44. The van der Waals surface area contributed by atoms with Gasteiger partial charge in [-0.15, -0.1) is 0 Å². The summed E-state index contributed by atoms with van der Waals surface area (Å²) in [4.78, 5) is 2.02. The summed E-state index contributed by atoms with van der Waals surface area (Å²) < 4.78 is 41.6. The Morgan fingerprint density at radius 2 is 1.71 bits per heavy atom. The van der Waals surface area contributed by atoms with Crippen LogP contribution < -0.4 is 4.74 Å². The first-order valence-corrected chi connectivity index (χ1v) is 11.3. The second-order valence-corrected chi connectivity index (χ2v) is 8.95. The van der Waals surface area contributed by atoms with Gasteiger partial charge in [0.1, 0.15) is 16.5 Å². The van der Waals surface area contributed by atoms with E-state index in [0.29, 0.717) is 11.3 Å². The predicted molar refractivity (Wildman–Crippen MR) is 114 cm³/mol. The molecule has 0 spiro atoms. The maximum absolute atomic E-state index is 13.8. The number of hydrogen-bond donors (Lipinski definition) is 0. The van der Waals surface area contributed by atoms with E-state index in [4.69, 9.17) is 4.74 Å². The lowest BCUT2D eigenvalue weighted by atomic mass is 10.1. The van der Waals surface area contributed by atoms with Crippen molar-refractivity contribution in [1.29, 1.82) is 0 Å². The molecule has 0 saturated heterocycles. The van der Waals surface area contributed by atoms with Crippen LogP contribution in [0.25, 0.3) is 11.1 Å². The van der Waals surface area contributed by atoms with Crippen molar-refractivity contribution in [2.45, 2.75) is 44.0 Å². The van der Waals surface area contributed by atoms with Gasteiger partial charge in [-0.05, 0) is 62.3 Å². The Morgan fingerprint density at radius 1 is 1.07 bits per heavy atom. The van der Waals surface area contributed by atoms with E-state index in [2.05, 4.69) is 32.8 Å². The van der Waals surface area contributed by atoms with Crippen LogP contribution in [-0.4, -0.2) is 46.8 Å². The van der Waals surface area contributed by atoms with Gasteiger partial charge in [0.25, 0.3) is 0 Å². The maximum Gasteiger partial charge on any atom is 0.178 e. The molecule has 0 radical (unpaired) electrons. The normalized spacial score (nSPS) is 12.3. The van der Waals surface area contributed by atoms with Gasteiger partial charge in [-0.1, -0.05) is 38.5 Å². The Morgan fingerprint density at radius 3 is 2.14 bits per heavy atom. The van der Waals surface area contributed by atoms with E-state index >= 15 is 0 Å². The predicted octanol–water partition coefficient (Wildman–Crippen LogP) is 5.03. The molecular formula is C22H32FNO3S. The van der Waals surface area contributed by atoms with Crippen LogP contribution in [0.3, 0.4) is 0 Å². The molecule has 0 saturated carbocycles. The van der Waals surface area contributed by atoms with Gasteiger partial charge >= 0.3 is 0 Å². The van der Waals surface area contributed by atoms with Crippen LogP contribution in [0.15, 0.2) is 47.4 Å². The Kier molecular flexibility index (Phi) is 9.62. The largest absolute Gasteiger partial charge is 0.497 e. The minimum atomic E-state index is -3.54. The fourth-order valence-corrected chi connectivity index (χ4v) is 3.67. The van der Waals surface area contributed by atoms with Crippen LogP contribution >= 0.6 is 0 Å². The van der Waals surface area contributed by atoms with Crippen LogP contribution in [-0.2, 0) is 9.84 Å². The van der Waals surface area contributed by atoms with Gasteiger partial charge in [-0.3, -0.25) is 0 Å². The second-order valence-electron chi connectivity index (χ2n) is 6.96. The van der Waals surface area contributed by atoms with Crippen LogP contribution in [0.2, 0.25) is 0 Å². The molecule has 1 atom stereocenters. The zero-order valence-corrected chi connectivity index (χ0v) is 18.5. The average Bonchev–Trinajstić information content (AvgIpc) is 2.65. The smallest absolute Gasteiger partial charge is 0.178 e. The second kappa shape index (κ2) is 11.2. The zero-order chi connectivity index (χ0) is 21.3. The molecule has 2 rings (SSSR count). The Hall–Kier alpha value is -1.92. The molecule has 1 unspecified atom stereocenters. The van der Waals surface area contributed by atoms with E-state index in [1.165, 1.54) is 31.4 Å². The van der Waals surface area contributed by atoms with Gasteiger partial charge in [-0.2, -0.15) is 0 Å². The van der Waals surface area contributed by atoms with Gasteiger partial charge in [-0.25, -0.2) is 12.8 Å². The summed E-state index contributed by atoms with van der Waals surface area (Å²) in [7, 11) is 2.32. The molecule has 6 heteroatoms. The molecule has 28 heavy (non-hydrogen) atoms.